The molecule has 2 aromatic rings. The van der Waals surface area contributed by atoms with Gasteiger partial charge in [-0.05, 0) is 73.8 Å². The summed E-state index contributed by atoms with van der Waals surface area (Å²) >= 11 is 0. The topological polar surface area (TPSA) is 58.9 Å². The van der Waals surface area contributed by atoms with Crippen molar-refractivity contribution in [2.75, 3.05) is 13.2 Å². The van der Waals surface area contributed by atoms with E-state index in [-0.39, 0.29) is 17.6 Å². The standard InChI is InChI=1S/C23H28O4/c24-16-19(25)9-10-22-11-13-23(14-12-22,26-17-22)18-5-4-8-21(15-18)27-20-6-2-1-3-7-20/h1-8,15,19,24-25H,9-14,16-17H2. The maximum absolute atomic E-state index is 9.69. The van der Waals surface area contributed by atoms with E-state index in [0.29, 0.717) is 6.42 Å². The van der Waals surface area contributed by atoms with Gasteiger partial charge in [0.15, 0.2) is 0 Å². The van der Waals surface area contributed by atoms with Crippen LogP contribution >= 0.6 is 0 Å². The normalized spacial score (nSPS) is 28.1. The molecule has 2 saturated heterocycles. The smallest absolute Gasteiger partial charge is 0.127 e. The summed E-state index contributed by atoms with van der Waals surface area (Å²) in [6, 6.07) is 18.1. The average Bonchev–Trinajstić information content (AvgIpc) is 2.74. The fourth-order valence-corrected chi connectivity index (χ4v) is 4.49. The van der Waals surface area contributed by atoms with E-state index in [9.17, 15) is 5.11 Å². The number of hydrogen-bond donors (Lipinski definition) is 2. The summed E-state index contributed by atoms with van der Waals surface area (Å²) in [6.07, 6.45) is 5.16. The van der Waals surface area contributed by atoms with Crippen LogP contribution in [0.4, 0.5) is 0 Å². The third kappa shape index (κ3) is 3.88. The second-order valence-electron chi connectivity index (χ2n) is 8.10. The van der Waals surface area contributed by atoms with Crippen LogP contribution in [0.1, 0.15) is 44.1 Å². The van der Waals surface area contributed by atoms with Crippen LogP contribution in [0, 0.1) is 5.41 Å². The Morgan fingerprint density at radius 1 is 0.963 bits per heavy atom. The van der Waals surface area contributed by atoms with Crippen LogP contribution in [0.15, 0.2) is 54.6 Å². The second-order valence-corrected chi connectivity index (χ2v) is 8.10. The molecule has 2 N–H and O–H groups in total. The Bertz CT molecular complexity index is 733. The monoisotopic (exact) mass is 368 g/mol. The van der Waals surface area contributed by atoms with Crippen molar-refractivity contribution in [2.45, 2.75) is 50.2 Å². The third-order valence-corrected chi connectivity index (χ3v) is 6.33. The first kappa shape index (κ1) is 18.5. The molecular weight excluding hydrogens is 340 g/mol. The molecule has 0 aromatic heterocycles. The Morgan fingerprint density at radius 3 is 2.37 bits per heavy atom. The predicted octanol–water partition coefficient (Wildman–Crippen LogP) is 4.40. The van der Waals surface area contributed by atoms with Crippen molar-refractivity contribution in [3.63, 3.8) is 0 Å². The quantitative estimate of drug-likeness (QED) is 0.761. The molecule has 5 rings (SSSR count). The number of ether oxygens (including phenoxy) is 2. The number of fused-ring (bicyclic) bond motifs is 3. The Balaban J connectivity index is 1.45. The summed E-state index contributed by atoms with van der Waals surface area (Å²) in [5, 5.41) is 18.7. The Labute approximate surface area is 160 Å². The number of hydrogen-bond acceptors (Lipinski definition) is 4. The Morgan fingerprint density at radius 2 is 1.70 bits per heavy atom. The number of benzene rings is 2. The highest BCUT2D eigenvalue weighted by Crippen LogP contribution is 2.55. The van der Waals surface area contributed by atoms with Gasteiger partial charge in [-0.25, -0.2) is 0 Å². The number of aliphatic hydroxyl groups is 2. The van der Waals surface area contributed by atoms with Crippen LogP contribution in [0.2, 0.25) is 0 Å². The van der Waals surface area contributed by atoms with Gasteiger partial charge in [-0.15, -0.1) is 0 Å². The first-order valence-corrected chi connectivity index (χ1v) is 9.90. The zero-order valence-corrected chi connectivity index (χ0v) is 15.6. The SMILES string of the molecule is OCC(O)CCC12CCC(c3cccc(Oc4ccccc4)c3)(CC1)OC2. The maximum atomic E-state index is 9.69. The van der Waals surface area contributed by atoms with Crippen LogP contribution in [-0.4, -0.2) is 29.5 Å². The molecule has 4 heteroatoms. The molecule has 1 aliphatic carbocycles. The number of rotatable bonds is 7. The summed E-state index contributed by atoms with van der Waals surface area (Å²) < 4.78 is 12.4. The molecule has 1 atom stereocenters. The van der Waals surface area contributed by atoms with E-state index in [2.05, 4.69) is 12.1 Å². The van der Waals surface area contributed by atoms with Crippen LogP contribution in [0.3, 0.4) is 0 Å². The highest BCUT2D eigenvalue weighted by molar-refractivity contribution is 5.37. The van der Waals surface area contributed by atoms with Crippen LogP contribution in [0.25, 0.3) is 0 Å². The Hall–Kier alpha value is -1.88. The van der Waals surface area contributed by atoms with Gasteiger partial charge in [-0.2, -0.15) is 0 Å². The van der Waals surface area contributed by atoms with Gasteiger partial charge in [0, 0.05) is 0 Å². The molecule has 2 aliphatic heterocycles. The molecule has 0 amide bonds. The number of para-hydroxylation sites is 1. The van der Waals surface area contributed by atoms with E-state index < -0.39 is 6.10 Å². The second kappa shape index (κ2) is 7.63. The van der Waals surface area contributed by atoms with E-state index in [1.54, 1.807) is 0 Å². The minimum absolute atomic E-state index is 0.158. The fourth-order valence-electron chi connectivity index (χ4n) is 4.49. The maximum Gasteiger partial charge on any atom is 0.127 e. The summed E-state index contributed by atoms with van der Waals surface area (Å²) in [7, 11) is 0. The first-order chi connectivity index (χ1) is 13.1. The van der Waals surface area contributed by atoms with Crippen molar-refractivity contribution in [1.29, 1.82) is 0 Å². The highest BCUT2D eigenvalue weighted by atomic mass is 16.5. The molecule has 0 radical (unpaired) electrons. The van der Waals surface area contributed by atoms with Crippen molar-refractivity contribution < 1.29 is 19.7 Å². The molecule has 1 saturated carbocycles. The van der Waals surface area contributed by atoms with Gasteiger partial charge in [0.25, 0.3) is 0 Å². The predicted molar refractivity (Wildman–Crippen MR) is 104 cm³/mol. The molecule has 2 heterocycles. The molecule has 144 valence electrons. The van der Waals surface area contributed by atoms with Crippen LogP contribution in [0.5, 0.6) is 11.5 Å². The highest BCUT2D eigenvalue weighted by Gasteiger charge is 2.50. The van der Waals surface area contributed by atoms with Crippen molar-refractivity contribution >= 4 is 0 Å². The molecule has 2 aromatic carbocycles. The summed E-state index contributed by atoms with van der Waals surface area (Å²) in [4.78, 5) is 0. The summed E-state index contributed by atoms with van der Waals surface area (Å²) in [5.74, 6) is 1.67. The molecule has 0 spiro atoms. The minimum atomic E-state index is -0.611. The van der Waals surface area contributed by atoms with Crippen molar-refractivity contribution in [3.8, 4) is 11.5 Å². The lowest BCUT2D eigenvalue weighted by atomic mass is 9.62. The lowest BCUT2D eigenvalue weighted by molar-refractivity contribution is -0.193. The van der Waals surface area contributed by atoms with E-state index >= 15 is 0 Å². The van der Waals surface area contributed by atoms with Gasteiger partial charge in [-0.1, -0.05) is 30.3 Å². The molecule has 1 unspecified atom stereocenters. The molecule has 3 aliphatic rings. The van der Waals surface area contributed by atoms with Gasteiger partial charge < -0.3 is 19.7 Å². The van der Waals surface area contributed by atoms with Crippen LogP contribution < -0.4 is 4.74 Å². The molecular formula is C23H28O4. The number of aliphatic hydroxyl groups excluding tert-OH is 2. The lowest BCUT2D eigenvalue weighted by Gasteiger charge is -2.53. The van der Waals surface area contributed by atoms with E-state index in [4.69, 9.17) is 14.6 Å². The van der Waals surface area contributed by atoms with Crippen LogP contribution in [-0.2, 0) is 10.3 Å². The van der Waals surface area contributed by atoms with E-state index in [1.165, 1.54) is 5.56 Å². The van der Waals surface area contributed by atoms with Crippen molar-refractivity contribution in [3.05, 3.63) is 60.2 Å². The fraction of sp³-hybridized carbons (Fsp3) is 0.478. The van der Waals surface area contributed by atoms with Gasteiger partial charge in [-0.3, -0.25) is 0 Å². The van der Waals surface area contributed by atoms with Crippen molar-refractivity contribution in [2.24, 2.45) is 5.41 Å². The van der Waals surface area contributed by atoms with E-state index in [1.807, 2.05) is 42.5 Å². The Kier molecular flexibility index (Phi) is 5.22. The van der Waals surface area contributed by atoms with Crippen molar-refractivity contribution in [1.82, 2.24) is 0 Å². The van der Waals surface area contributed by atoms with Gasteiger partial charge >= 0.3 is 0 Å². The van der Waals surface area contributed by atoms with E-state index in [0.717, 1.165) is 50.2 Å². The molecule has 3 fully saturated rings. The first-order valence-electron chi connectivity index (χ1n) is 9.90. The largest absolute Gasteiger partial charge is 0.457 e. The molecule has 4 nitrogen and oxygen atoms in total. The van der Waals surface area contributed by atoms with Gasteiger partial charge in [0.05, 0.1) is 24.9 Å². The third-order valence-electron chi connectivity index (χ3n) is 6.33. The zero-order chi connectivity index (χ0) is 18.7. The summed E-state index contributed by atoms with van der Waals surface area (Å²) in [6.45, 7) is 0.573. The van der Waals surface area contributed by atoms with Gasteiger partial charge in [0.1, 0.15) is 11.5 Å². The summed E-state index contributed by atoms with van der Waals surface area (Å²) in [5.41, 5.74) is 1.14. The zero-order valence-electron chi connectivity index (χ0n) is 15.6. The van der Waals surface area contributed by atoms with Gasteiger partial charge in [0.2, 0.25) is 0 Å². The minimum Gasteiger partial charge on any atom is -0.457 e. The lowest BCUT2D eigenvalue weighted by Crippen LogP contribution is -2.49. The molecule has 2 bridgehead atoms. The average molecular weight is 368 g/mol. The molecule has 27 heavy (non-hydrogen) atoms.